The van der Waals surface area contributed by atoms with E-state index in [0.717, 1.165) is 25.6 Å². The molecule has 0 aromatic carbocycles. The Morgan fingerprint density at radius 1 is 1.13 bits per heavy atom. The van der Waals surface area contributed by atoms with Gasteiger partial charge in [-0.15, -0.1) is 0 Å². The maximum absolute atomic E-state index is 14.1. The number of likely N-dealkylation sites (tertiary alicyclic amines) is 1. The van der Waals surface area contributed by atoms with Crippen LogP contribution in [-0.2, 0) is 4.79 Å². The second kappa shape index (κ2) is 6.63. The van der Waals surface area contributed by atoms with E-state index in [1.807, 2.05) is 0 Å². The van der Waals surface area contributed by atoms with Gasteiger partial charge in [0.15, 0.2) is 0 Å². The lowest BCUT2D eigenvalue weighted by atomic mass is 9.75. The van der Waals surface area contributed by atoms with Crippen LogP contribution in [-0.4, -0.2) is 53.1 Å². The van der Waals surface area contributed by atoms with Crippen molar-refractivity contribution < 1.29 is 18.7 Å². The van der Waals surface area contributed by atoms with Crippen molar-refractivity contribution in [1.29, 1.82) is 0 Å². The molecule has 4 nitrogen and oxygen atoms in total. The van der Waals surface area contributed by atoms with Crippen LogP contribution in [0.1, 0.15) is 57.8 Å². The Labute approximate surface area is 136 Å². The zero-order valence-electron chi connectivity index (χ0n) is 13.7. The number of alkyl halides is 2. The van der Waals surface area contributed by atoms with Crippen LogP contribution in [0.2, 0.25) is 0 Å². The lowest BCUT2D eigenvalue weighted by Gasteiger charge is -2.42. The second-order valence-electron chi connectivity index (χ2n) is 7.66. The van der Waals surface area contributed by atoms with Gasteiger partial charge in [0, 0.05) is 25.7 Å². The van der Waals surface area contributed by atoms with Crippen LogP contribution in [0.15, 0.2) is 0 Å². The highest BCUT2D eigenvalue weighted by Gasteiger charge is 2.61. The number of hydrogen-bond donors (Lipinski definition) is 2. The van der Waals surface area contributed by atoms with Gasteiger partial charge in [0.1, 0.15) is 5.60 Å². The molecule has 1 saturated heterocycles. The van der Waals surface area contributed by atoms with Crippen LogP contribution in [0.4, 0.5) is 8.78 Å². The van der Waals surface area contributed by atoms with Crippen molar-refractivity contribution in [3.63, 3.8) is 0 Å². The molecule has 2 saturated carbocycles. The number of halogens is 2. The van der Waals surface area contributed by atoms with E-state index in [1.165, 1.54) is 25.7 Å². The van der Waals surface area contributed by atoms with Crippen molar-refractivity contribution in [3.8, 4) is 0 Å². The molecule has 2 N–H and O–H groups in total. The molecule has 0 aromatic heterocycles. The minimum absolute atomic E-state index is 0.00720. The Morgan fingerprint density at radius 2 is 1.74 bits per heavy atom. The third-order valence-electron chi connectivity index (χ3n) is 5.96. The van der Waals surface area contributed by atoms with E-state index in [0.29, 0.717) is 19.3 Å². The summed E-state index contributed by atoms with van der Waals surface area (Å²) in [5.41, 5.74) is -2.12. The fraction of sp³-hybridized carbons (Fsp3) is 0.941. The average molecular weight is 330 g/mol. The molecule has 132 valence electrons. The first-order chi connectivity index (χ1) is 10.9. The van der Waals surface area contributed by atoms with Crippen molar-refractivity contribution in [2.75, 3.05) is 19.6 Å². The van der Waals surface area contributed by atoms with Crippen LogP contribution in [0.3, 0.4) is 0 Å². The van der Waals surface area contributed by atoms with Gasteiger partial charge >= 0.3 is 5.92 Å². The SMILES string of the molecule is O=C(NC1CCN(CC2CCCC2)CC1)C(F)(F)C1(O)CCC1. The second-order valence-corrected chi connectivity index (χ2v) is 7.66. The number of aliphatic hydroxyl groups is 1. The van der Waals surface area contributed by atoms with Crippen molar-refractivity contribution in [1.82, 2.24) is 10.2 Å². The Balaban J connectivity index is 1.44. The van der Waals surface area contributed by atoms with Gasteiger partial charge in [-0.1, -0.05) is 12.8 Å². The topological polar surface area (TPSA) is 52.6 Å². The third kappa shape index (κ3) is 3.53. The molecule has 1 amide bonds. The maximum Gasteiger partial charge on any atom is 0.352 e. The maximum atomic E-state index is 14.1. The molecular formula is C17H28F2N2O2. The number of nitrogens with zero attached hydrogens (tertiary/aromatic N) is 1. The van der Waals surface area contributed by atoms with Gasteiger partial charge in [-0.25, -0.2) is 0 Å². The summed E-state index contributed by atoms with van der Waals surface area (Å²) in [5.74, 6) is -4.18. The number of carbonyl (C=O) groups is 1. The normalized spacial score (nSPS) is 26.9. The van der Waals surface area contributed by atoms with Gasteiger partial charge < -0.3 is 15.3 Å². The predicted octanol–water partition coefficient (Wildman–Crippen LogP) is 2.31. The summed E-state index contributed by atoms with van der Waals surface area (Å²) in [4.78, 5) is 14.3. The number of hydrogen-bond acceptors (Lipinski definition) is 3. The van der Waals surface area contributed by atoms with Crippen LogP contribution in [0.25, 0.3) is 0 Å². The van der Waals surface area contributed by atoms with E-state index in [2.05, 4.69) is 10.2 Å². The Kier molecular flexibility index (Phi) is 4.93. The first-order valence-electron chi connectivity index (χ1n) is 9.04. The van der Waals surface area contributed by atoms with E-state index in [-0.39, 0.29) is 18.9 Å². The summed E-state index contributed by atoms with van der Waals surface area (Å²) >= 11 is 0. The molecule has 0 unspecified atom stereocenters. The van der Waals surface area contributed by atoms with Crippen molar-refractivity contribution in [2.45, 2.75) is 75.4 Å². The molecule has 6 heteroatoms. The molecule has 23 heavy (non-hydrogen) atoms. The zero-order valence-corrected chi connectivity index (χ0v) is 13.7. The standard InChI is InChI=1S/C17H28F2N2O2/c18-17(19,16(23)8-3-9-16)15(22)20-14-6-10-21(11-7-14)12-13-4-1-2-5-13/h13-14,23H,1-12H2,(H,20,22). The smallest absolute Gasteiger partial charge is 0.352 e. The quantitative estimate of drug-likeness (QED) is 0.813. The molecule has 1 aliphatic heterocycles. The van der Waals surface area contributed by atoms with E-state index in [4.69, 9.17) is 0 Å². The summed E-state index contributed by atoms with van der Waals surface area (Å²) in [5, 5.41) is 12.3. The molecule has 1 heterocycles. The summed E-state index contributed by atoms with van der Waals surface area (Å²) in [7, 11) is 0. The molecule has 3 fully saturated rings. The molecule has 0 bridgehead atoms. The highest BCUT2D eigenvalue weighted by Crippen LogP contribution is 2.44. The van der Waals surface area contributed by atoms with Crippen LogP contribution < -0.4 is 5.32 Å². The van der Waals surface area contributed by atoms with Gasteiger partial charge in [0.2, 0.25) is 0 Å². The fourth-order valence-electron chi connectivity index (χ4n) is 4.13. The first kappa shape index (κ1) is 17.1. The molecule has 0 aromatic rings. The Hall–Kier alpha value is -0.750. The van der Waals surface area contributed by atoms with Gasteiger partial charge in [-0.2, -0.15) is 8.78 Å². The average Bonchev–Trinajstić information content (AvgIpc) is 2.99. The lowest BCUT2D eigenvalue weighted by Crippen LogP contribution is -2.62. The molecule has 0 radical (unpaired) electrons. The number of rotatable bonds is 5. The molecule has 0 spiro atoms. The Morgan fingerprint density at radius 3 is 2.26 bits per heavy atom. The molecule has 2 aliphatic carbocycles. The third-order valence-corrected chi connectivity index (χ3v) is 5.96. The number of carbonyl (C=O) groups excluding carboxylic acids is 1. The molecule has 3 rings (SSSR count). The van der Waals surface area contributed by atoms with E-state index in [1.54, 1.807) is 0 Å². The Bertz CT molecular complexity index is 426. The van der Waals surface area contributed by atoms with E-state index >= 15 is 0 Å². The number of amides is 1. The van der Waals surface area contributed by atoms with Gasteiger partial charge in [0.25, 0.3) is 5.91 Å². The minimum Gasteiger partial charge on any atom is -0.383 e. The monoisotopic (exact) mass is 330 g/mol. The highest BCUT2D eigenvalue weighted by molar-refractivity contribution is 5.85. The van der Waals surface area contributed by atoms with Crippen LogP contribution >= 0.6 is 0 Å². The molecule has 3 aliphatic rings. The van der Waals surface area contributed by atoms with Crippen molar-refractivity contribution >= 4 is 5.91 Å². The highest BCUT2D eigenvalue weighted by atomic mass is 19.3. The first-order valence-corrected chi connectivity index (χ1v) is 9.04. The summed E-state index contributed by atoms with van der Waals surface area (Å²) < 4.78 is 28.2. The van der Waals surface area contributed by atoms with Gasteiger partial charge in [-0.05, 0) is 50.9 Å². The number of piperidine rings is 1. The van der Waals surface area contributed by atoms with E-state index in [9.17, 15) is 18.7 Å². The van der Waals surface area contributed by atoms with Crippen LogP contribution in [0.5, 0.6) is 0 Å². The minimum atomic E-state index is -3.67. The summed E-state index contributed by atoms with van der Waals surface area (Å²) in [6.45, 7) is 2.82. The van der Waals surface area contributed by atoms with Gasteiger partial charge in [0.05, 0.1) is 0 Å². The molecular weight excluding hydrogens is 302 g/mol. The lowest BCUT2D eigenvalue weighted by molar-refractivity contribution is -0.216. The van der Waals surface area contributed by atoms with Crippen molar-refractivity contribution in [3.05, 3.63) is 0 Å². The predicted molar refractivity (Wildman–Crippen MR) is 83.3 cm³/mol. The number of nitrogens with one attached hydrogen (secondary N) is 1. The summed E-state index contributed by atoms with van der Waals surface area (Å²) in [6, 6.07) is -0.197. The van der Waals surface area contributed by atoms with Crippen molar-refractivity contribution in [2.24, 2.45) is 5.92 Å². The largest absolute Gasteiger partial charge is 0.383 e. The van der Waals surface area contributed by atoms with Crippen LogP contribution in [0, 0.1) is 5.92 Å². The van der Waals surface area contributed by atoms with E-state index < -0.39 is 17.4 Å². The van der Waals surface area contributed by atoms with Gasteiger partial charge in [-0.3, -0.25) is 4.79 Å². The molecule has 0 atom stereocenters. The zero-order chi connectivity index (χ0) is 16.5. The summed E-state index contributed by atoms with van der Waals surface area (Å²) in [6.07, 6.45) is 7.27. The fourth-order valence-corrected chi connectivity index (χ4v) is 4.13.